The van der Waals surface area contributed by atoms with E-state index in [0.29, 0.717) is 32.6 Å². The van der Waals surface area contributed by atoms with Gasteiger partial charge in [0.25, 0.3) is 0 Å². The van der Waals surface area contributed by atoms with Crippen molar-refractivity contribution in [1.29, 1.82) is 0 Å². The molecule has 0 saturated carbocycles. The fourth-order valence-corrected chi connectivity index (χ4v) is 3.47. The van der Waals surface area contributed by atoms with Gasteiger partial charge in [0.05, 0.1) is 18.4 Å². The molecule has 1 aliphatic heterocycles. The number of furan rings is 1. The number of amides is 1. The first-order valence-electron chi connectivity index (χ1n) is 9.10. The van der Waals surface area contributed by atoms with E-state index in [-0.39, 0.29) is 11.8 Å². The molecule has 0 aromatic carbocycles. The van der Waals surface area contributed by atoms with Gasteiger partial charge in [0.2, 0.25) is 5.91 Å². The standard InChI is InChI=1S/C20H25N3O4/c1-13-6-18(27-14(13)2)12-23-10-16(7-17(11-23)20(25)26)19(24)22-9-15-4-3-5-21-8-15/h3-6,8,16-17H,7,9-12H2,1-2H3,(H,22,24)(H,25,26)/t16-,17+/m0/s1. The topological polar surface area (TPSA) is 95.7 Å². The molecule has 0 aliphatic carbocycles. The average molecular weight is 371 g/mol. The monoisotopic (exact) mass is 371 g/mol. The summed E-state index contributed by atoms with van der Waals surface area (Å²) < 4.78 is 5.72. The highest BCUT2D eigenvalue weighted by Crippen LogP contribution is 2.25. The molecular formula is C20H25N3O4. The zero-order valence-corrected chi connectivity index (χ0v) is 15.6. The molecule has 7 heteroatoms. The summed E-state index contributed by atoms with van der Waals surface area (Å²) in [6.45, 7) is 5.71. The van der Waals surface area contributed by atoms with Gasteiger partial charge in [0.1, 0.15) is 11.5 Å². The molecule has 2 aromatic heterocycles. The number of carboxylic acid groups (broad SMARTS) is 1. The van der Waals surface area contributed by atoms with Gasteiger partial charge >= 0.3 is 5.97 Å². The Bertz CT molecular complexity index is 783. The number of carbonyl (C=O) groups excluding carboxylic acids is 1. The molecule has 1 fully saturated rings. The van der Waals surface area contributed by atoms with E-state index in [1.54, 1.807) is 12.4 Å². The van der Waals surface area contributed by atoms with Crippen molar-refractivity contribution in [2.45, 2.75) is 33.4 Å². The number of likely N-dealkylation sites (tertiary alicyclic amines) is 1. The summed E-state index contributed by atoms with van der Waals surface area (Å²) >= 11 is 0. The van der Waals surface area contributed by atoms with Gasteiger partial charge < -0.3 is 14.8 Å². The van der Waals surface area contributed by atoms with Gasteiger partial charge in [0, 0.05) is 32.0 Å². The minimum atomic E-state index is -0.864. The van der Waals surface area contributed by atoms with Gasteiger partial charge in [-0.15, -0.1) is 0 Å². The van der Waals surface area contributed by atoms with E-state index < -0.39 is 11.9 Å². The van der Waals surface area contributed by atoms with Crippen molar-refractivity contribution in [2.75, 3.05) is 13.1 Å². The minimum absolute atomic E-state index is 0.124. The molecule has 1 amide bonds. The first-order chi connectivity index (χ1) is 12.9. The van der Waals surface area contributed by atoms with Gasteiger partial charge in [0.15, 0.2) is 0 Å². The van der Waals surface area contributed by atoms with Gasteiger partial charge in [-0.3, -0.25) is 19.5 Å². The van der Waals surface area contributed by atoms with E-state index in [0.717, 1.165) is 22.6 Å². The highest BCUT2D eigenvalue weighted by Gasteiger charge is 2.35. The number of hydrogen-bond acceptors (Lipinski definition) is 5. The Morgan fingerprint density at radius 2 is 2.11 bits per heavy atom. The fraction of sp³-hybridized carbons (Fsp3) is 0.450. The quantitative estimate of drug-likeness (QED) is 0.808. The van der Waals surface area contributed by atoms with Crippen LogP contribution in [0.15, 0.2) is 35.0 Å². The summed E-state index contributed by atoms with van der Waals surface area (Å²) in [6, 6.07) is 5.68. The number of nitrogens with zero attached hydrogens (tertiary/aromatic N) is 2. The van der Waals surface area contributed by atoms with Crippen molar-refractivity contribution >= 4 is 11.9 Å². The molecule has 0 radical (unpaired) electrons. The number of carbonyl (C=O) groups is 2. The number of aliphatic carboxylic acids is 1. The number of carboxylic acids is 1. The Kier molecular flexibility index (Phi) is 5.91. The molecule has 2 atom stereocenters. The van der Waals surface area contributed by atoms with Crippen molar-refractivity contribution in [3.05, 3.63) is 53.2 Å². The van der Waals surface area contributed by atoms with Crippen LogP contribution in [0.3, 0.4) is 0 Å². The summed E-state index contributed by atoms with van der Waals surface area (Å²) in [5, 5.41) is 12.4. The second-order valence-electron chi connectivity index (χ2n) is 7.19. The molecule has 1 aliphatic rings. The third-order valence-electron chi connectivity index (χ3n) is 5.03. The lowest BCUT2D eigenvalue weighted by Gasteiger charge is -2.35. The van der Waals surface area contributed by atoms with E-state index in [2.05, 4.69) is 10.3 Å². The van der Waals surface area contributed by atoms with Crippen LogP contribution in [-0.2, 0) is 22.7 Å². The first-order valence-corrected chi connectivity index (χ1v) is 9.10. The molecule has 3 rings (SSSR count). The predicted molar refractivity (Wildman–Crippen MR) is 98.8 cm³/mol. The second-order valence-corrected chi connectivity index (χ2v) is 7.19. The SMILES string of the molecule is Cc1cc(CN2C[C@H](C(=O)O)C[C@H](C(=O)NCc3cccnc3)C2)oc1C. The van der Waals surface area contributed by atoms with Crippen LogP contribution in [0.5, 0.6) is 0 Å². The average Bonchev–Trinajstić information content (AvgIpc) is 2.97. The van der Waals surface area contributed by atoms with Crippen molar-refractivity contribution in [3.8, 4) is 0 Å². The third kappa shape index (κ3) is 4.95. The Balaban J connectivity index is 1.64. The number of aryl methyl sites for hydroxylation is 2. The predicted octanol–water partition coefficient (Wildman–Crippen LogP) is 2.13. The van der Waals surface area contributed by atoms with E-state index >= 15 is 0 Å². The van der Waals surface area contributed by atoms with Crippen LogP contribution >= 0.6 is 0 Å². The molecule has 3 heterocycles. The molecule has 27 heavy (non-hydrogen) atoms. The smallest absolute Gasteiger partial charge is 0.307 e. The van der Waals surface area contributed by atoms with Crippen LogP contribution in [0.1, 0.15) is 29.1 Å². The van der Waals surface area contributed by atoms with E-state index in [1.165, 1.54) is 0 Å². The number of pyridine rings is 1. The Morgan fingerprint density at radius 3 is 2.74 bits per heavy atom. The van der Waals surface area contributed by atoms with Crippen molar-refractivity contribution in [1.82, 2.24) is 15.2 Å². The zero-order valence-electron chi connectivity index (χ0n) is 15.6. The van der Waals surface area contributed by atoms with Crippen molar-refractivity contribution in [3.63, 3.8) is 0 Å². The minimum Gasteiger partial charge on any atom is -0.481 e. The van der Waals surface area contributed by atoms with E-state index in [9.17, 15) is 14.7 Å². The van der Waals surface area contributed by atoms with Crippen molar-refractivity contribution < 1.29 is 19.1 Å². The lowest BCUT2D eigenvalue weighted by Crippen LogP contribution is -2.47. The van der Waals surface area contributed by atoms with Gasteiger partial charge in [-0.1, -0.05) is 6.07 Å². The third-order valence-corrected chi connectivity index (χ3v) is 5.03. The molecule has 7 nitrogen and oxygen atoms in total. The molecule has 144 valence electrons. The van der Waals surface area contributed by atoms with E-state index in [1.807, 2.05) is 36.9 Å². The van der Waals surface area contributed by atoms with Crippen LogP contribution in [-0.4, -0.2) is 40.0 Å². The number of piperidine rings is 1. The summed E-state index contributed by atoms with van der Waals surface area (Å²) in [5.74, 6) is -0.259. The summed E-state index contributed by atoms with van der Waals surface area (Å²) in [7, 11) is 0. The number of rotatable bonds is 6. The lowest BCUT2D eigenvalue weighted by molar-refractivity contribution is -0.145. The molecule has 0 spiro atoms. The van der Waals surface area contributed by atoms with Crippen LogP contribution in [0.4, 0.5) is 0 Å². The fourth-order valence-electron chi connectivity index (χ4n) is 3.47. The van der Waals surface area contributed by atoms with E-state index in [4.69, 9.17) is 4.42 Å². The van der Waals surface area contributed by atoms with Crippen LogP contribution in [0, 0.1) is 25.7 Å². The van der Waals surface area contributed by atoms with Crippen LogP contribution in [0.2, 0.25) is 0 Å². The Labute approximate surface area is 158 Å². The van der Waals surface area contributed by atoms with Crippen molar-refractivity contribution in [2.24, 2.45) is 11.8 Å². The maximum Gasteiger partial charge on any atom is 0.307 e. The summed E-state index contributed by atoms with van der Waals surface area (Å²) in [4.78, 5) is 30.2. The lowest BCUT2D eigenvalue weighted by atomic mass is 9.88. The highest BCUT2D eigenvalue weighted by molar-refractivity contribution is 5.80. The highest BCUT2D eigenvalue weighted by atomic mass is 16.4. The normalized spacial score (nSPS) is 20.4. The maximum atomic E-state index is 12.6. The molecule has 0 unspecified atom stereocenters. The van der Waals surface area contributed by atoms with Gasteiger partial charge in [-0.25, -0.2) is 0 Å². The number of hydrogen-bond donors (Lipinski definition) is 2. The number of aromatic nitrogens is 1. The summed E-state index contributed by atoms with van der Waals surface area (Å²) in [6.07, 6.45) is 3.73. The molecule has 0 bridgehead atoms. The summed E-state index contributed by atoms with van der Waals surface area (Å²) in [5.41, 5.74) is 1.98. The Morgan fingerprint density at radius 1 is 1.33 bits per heavy atom. The first kappa shape index (κ1) is 19.1. The van der Waals surface area contributed by atoms with Crippen LogP contribution in [0.25, 0.3) is 0 Å². The maximum absolute atomic E-state index is 12.6. The van der Waals surface area contributed by atoms with Gasteiger partial charge in [-0.2, -0.15) is 0 Å². The van der Waals surface area contributed by atoms with Crippen LogP contribution < -0.4 is 5.32 Å². The second kappa shape index (κ2) is 8.35. The van der Waals surface area contributed by atoms with Gasteiger partial charge in [-0.05, 0) is 43.5 Å². The largest absolute Gasteiger partial charge is 0.481 e. The molecular weight excluding hydrogens is 346 g/mol. The molecule has 1 saturated heterocycles. The molecule has 2 N–H and O–H groups in total. The zero-order chi connectivity index (χ0) is 19.4. The number of nitrogens with one attached hydrogen (secondary N) is 1. The molecule has 2 aromatic rings. The Hall–Kier alpha value is -2.67.